The molecule has 0 N–H and O–H groups in total. The van der Waals surface area contributed by atoms with Gasteiger partial charge in [0.05, 0.1) is 17.7 Å². The number of benzene rings is 3. The number of aromatic nitrogens is 4. The van der Waals surface area contributed by atoms with Gasteiger partial charge >= 0.3 is 0 Å². The first kappa shape index (κ1) is 24.5. The fraction of sp³-hybridized carbons (Fsp3) is 0.0385. The normalized spacial score (nSPS) is 11.1. The Balaban J connectivity index is 1.81. The molecular weight excluding hydrogens is 510 g/mol. The molecule has 5 aromatic rings. The Morgan fingerprint density at radius 3 is 2.47 bits per heavy atom. The van der Waals surface area contributed by atoms with E-state index in [1.165, 1.54) is 40.1 Å². The smallest absolute Gasteiger partial charge is 0.296 e. The zero-order valence-electron chi connectivity index (χ0n) is 19.8. The van der Waals surface area contributed by atoms with Gasteiger partial charge in [0.25, 0.3) is 11.2 Å². The summed E-state index contributed by atoms with van der Waals surface area (Å²) in [6, 6.07) is 21.4. The van der Waals surface area contributed by atoms with E-state index in [4.69, 9.17) is 16.3 Å². The summed E-state index contributed by atoms with van der Waals surface area (Å²) in [7, 11) is 1.55. The van der Waals surface area contributed by atoms with E-state index in [1.807, 2.05) is 0 Å². The first-order valence-electron chi connectivity index (χ1n) is 11.2. The summed E-state index contributed by atoms with van der Waals surface area (Å²) in [6.07, 6.45) is 2.81. The number of nitro groups is 1. The number of hydrogen-bond acceptors (Lipinski definition) is 8. The number of hydrogen-bond donors (Lipinski definition) is 0. The Labute approximate surface area is 220 Å². The van der Waals surface area contributed by atoms with E-state index in [2.05, 4.69) is 20.3 Å². The molecule has 2 aromatic heterocycles. The van der Waals surface area contributed by atoms with Crippen LogP contribution < -0.4 is 10.3 Å². The molecule has 11 nitrogen and oxygen atoms in total. The highest BCUT2D eigenvalue weighted by Gasteiger charge is 2.20. The van der Waals surface area contributed by atoms with Crippen LogP contribution >= 0.6 is 11.6 Å². The topological polar surface area (TPSA) is 130 Å². The summed E-state index contributed by atoms with van der Waals surface area (Å²) < 4.78 is 8.08. The van der Waals surface area contributed by atoms with Crippen LogP contribution in [0.5, 0.6) is 5.75 Å². The van der Waals surface area contributed by atoms with Crippen molar-refractivity contribution in [3.8, 4) is 28.4 Å². The summed E-state index contributed by atoms with van der Waals surface area (Å²) in [4.78, 5) is 29.1. The minimum Gasteiger partial charge on any atom is -0.497 e. The molecule has 0 aliphatic heterocycles. The van der Waals surface area contributed by atoms with Crippen molar-refractivity contribution in [2.75, 3.05) is 7.11 Å². The van der Waals surface area contributed by atoms with Gasteiger partial charge in [-0.1, -0.05) is 41.9 Å². The lowest BCUT2D eigenvalue weighted by atomic mass is 10.0. The lowest BCUT2D eigenvalue weighted by Crippen LogP contribution is -2.23. The van der Waals surface area contributed by atoms with Gasteiger partial charge in [0.15, 0.2) is 11.4 Å². The number of nitro benzene ring substituents is 1. The van der Waals surface area contributed by atoms with E-state index in [9.17, 15) is 14.9 Å². The van der Waals surface area contributed by atoms with Crippen molar-refractivity contribution in [3.05, 3.63) is 117 Å². The number of halogens is 1. The number of rotatable bonds is 7. The van der Waals surface area contributed by atoms with Crippen molar-refractivity contribution in [1.29, 1.82) is 0 Å². The van der Waals surface area contributed by atoms with E-state index in [0.29, 0.717) is 33.4 Å². The third kappa shape index (κ3) is 4.77. The molecule has 0 saturated carbocycles. The Kier molecular flexibility index (Phi) is 6.74. The number of pyridine rings is 1. The van der Waals surface area contributed by atoms with E-state index in [1.54, 1.807) is 67.8 Å². The third-order valence-corrected chi connectivity index (χ3v) is 5.86. The average molecular weight is 528 g/mol. The Morgan fingerprint density at radius 1 is 1.00 bits per heavy atom. The maximum atomic E-state index is 14.1. The molecule has 0 aliphatic rings. The predicted octanol–water partition coefficient (Wildman–Crippen LogP) is 6.07. The lowest BCUT2D eigenvalue weighted by molar-refractivity contribution is -0.384. The number of azo groups is 1. The zero-order valence-corrected chi connectivity index (χ0v) is 20.6. The van der Waals surface area contributed by atoms with Crippen LogP contribution in [0.1, 0.15) is 0 Å². The fourth-order valence-electron chi connectivity index (χ4n) is 3.84. The molecule has 12 heteroatoms. The molecule has 5 rings (SSSR count). The summed E-state index contributed by atoms with van der Waals surface area (Å²) in [5, 5.41) is 24.5. The van der Waals surface area contributed by atoms with Crippen molar-refractivity contribution in [2.45, 2.75) is 0 Å². The fourth-order valence-corrected chi connectivity index (χ4v) is 4.03. The van der Waals surface area contributed by atoms with Crippen LogP contribution in [0.15, 0.2) is 107 Å². The highest BCUT2D eigenvalue weighted by atomic mass is 35.5. The van der Waals surface area contributed by atoms with Crippen molar-refractivity contribution in [3.63, 3.8) is 0 Å². The van der Waals surface area contributed by atoms with Gasteiger partial charge in [0.1, 0.15) is 24.2 Å². The van der Waals surface area contributed by atoms with E-state index in [0.717, 1.165) is 0 Å². The third-order valence-electron chi connectivity index (χ3n) is 5.62. The molecule has 188 valence electrons. The van der Waals surface area contributed by atoms with Crippen LogP contribution in [-0.4, -0.2) is 31.4 Å². The van der Waals surface area contributed by atoms with Crippen molar-refractivity contribution in [2.24, 2.45) is 10.2 Å². The molecule has 0 aliphatic carbocycles. The van der Waals surface area contributed by atoms with Gasteiger partial charge in [-0.25, -0.2) is 9.67 Å². The molecule has 0 radical (unpaired) electrons. The van der Waals surface area contributed by atoms with Crippen LogP contribution in [0.3, 0.4) is 0 Å². The maximum Gasteiger partial charge on any atom is 0.296 e. The van der Waals surface area contributed by atoms with Gasteiger partial charge in [0.2, 0.25) is 0 Å². The quantitative estimate of drug-likeness (QED) is 0.143. The maximum absolute atomic E-state index is 14.1. The number of nitrogens with zero attached hydrogens (tertiary/aromatic N) is 7. The SMILES string of the molecule is COc1ccc(-c2cc(-n3cncn3)n(-c3cccc(Cl)c3)c(=O)c2N=Nc2ccccc2[N+](=O)[O-])cc1. The van der Waals surface area contributed by atoms with E-state index >= 15 is 0 Å². The molecule has 0 amide bonds. The Hall–Kier alpha value is -5.16. The van der Waals surface area contributed by atoms with E-state index in [-0.39, 0.29) is 17.1 Å². The number of para-hydroxylation sites is 1. The van der Waals surface area contributed by atoms with Crippen molar-refractivity contribution in [1.82, 2.24) is 19.3 Å². The van der Waals surface area contributed by atoms with Gasteiger partial charge in [-0.3, -0.25) is 19.5 Å². The highest BCUT2D eigenvalue weighted by Crippen LogP contribution is 2.34. The molecular formula is C26H18ClN7O4. The molecule has 3 aromatic carbocycles. The van der Waals surface area contributed by atoms with Crippen LogP contribution in [0.2, 0.25) is 5.02 Å². The second-order valence-corrected chi connectivity index (χ2v) is 8.34. The van der Waals surface area contributed by atoms with Gasteiger partial charge in [-0.05, 0) is 48.0 Å². The monoisotopic (exact) mass is 527 g/mol. The first-order chi connectivity index (χ1) is 18.5. The largest absolute Gasteiger partial charge is 0.497 e. The summed E-state index contributed by atoms with van der Waals surface area (Å²) in [6.45, 7) is 0. The second-order valence-electron chi connectivity index (χ2n) is 7.90. The van der Waals surface area contributed by atoms with E-state index < -0.39 is 10.5 Å². The number of ether oxygens (including phenoxy) is 1. The second kappa shape index (κ2) is 10.4. The van der Waals surface area contributed by atoms with Crippen LogP contribution in [0.4, 0.5) is 17.1 Å². The van der Waals surface area contributed by atoms with Gasteiger partial charge in [-0.2, -0.15) is 5.10 Å². The van der Waals surface area contributed by atoms with Crippen molar-refractivity contribution < 1.29 is 9.66 Å². The lowest BCUT2D eigenvalue weighted by Gasteiger charge is -2.16. The Morgan fingerprint density at radius 2 is 1.79 bits per heavy atom. The first-order valence-corrected chi connectivity index (χ1v) is 11.5. The van der Waals surface area contributed by atoms with Crippen LogP contribution in [-0.2, 0) is 0 Å². The molecule has 2 heterocycles. The highest BCUT2D eigenvalue weighted by molar-refractivity contribution is 6.30. The average Bonchev–Trinajstić information content (AvgIpc) is 3.47. The molecule has 0 unspecified atom stereocenters. The number of methoxy groups -OCH3 is 1. The summed E-state index contributed by atoms with van der Waals surface area (Å²) in [5.41, 5.74) is 0.689. The molecule has 38 heavy (non-hydrogen) atoms. The minimum atomic E-state index is -0.559. The van der Waals surface area contributed by atoms with Crippen LogP contribution in [0, 0.1) is 10.1 Å². The standard InChI is InChI=1S/C26H18ClN7O4/c1-38-20-11-9-17(10-12-20)21-14-24(32-16-28-15-29-32)33(19-6-4-5-18(27)13-19)26(35)25(21)31-30-22-7-2-3-8-23(22)34(36)37/h2-16H,1H3. The predicted molar refractivity (Wildman–Crippen MR) is 141 cm³/mol. The molecule has 0 saturated heterocycles. The van der Waals surface area contributed by atoms with Gasteiger partial charge in [-0.15, -0.1) is 10.2 Å². The summed E-state index contributed by atoms with van der Waals surface area (Å²) in [5.74, 6) is 0.992. The van der Waals surface area contributed by atoms with Crippen LogP contribution in [0.25, 0.3) is 22.6 Å². The van der Waals surface area contributed by atoms with Crippen molar-refractivity contribution >= 4 is 28.7 Å². The molecule has 0 atom stereocenters. The van der Waals surface area contributed by atoms with Gasteiger partial charge in [0, 0.05) is 16.7 Å². The molecule has 0 spiro atoms. The summed E-state index contributed by atoms with van der Waals surface area (Å²) >= 11 is 6.24. The van der Waals surface area contributed by atoms with Gasteiger partial charge < -0.3 is 4.74 Å². The molecule has 0 fully saturated rings. The zero-order chi connectivity index (χ0) is 26.6. The molecule has 0 bridgehead atoms. The Bertz CT molecular complexity index is 1720. The minimum absolute atomic E-state index is 0.00670.